The van der Waals surface area contributed by atoms with Crippen molar-refractivity contribution in [3.8, 4) is 0 Å². The van der Waals surface area contributed by atoms with Gasteiger partial charge in [0.25, 0.3) is 0 Å². The molecule has 1 unspecified atom stereocenters. The fourth-order valence-corrected chi connectivity index (χ4v) is 1.56. The minimum absolute atomic E-state index is 0.119. The number of ketones is 1. The van der Waals surface area contributed by atoms with Gasteiger partial charge in [-0.2, -0.15) is 0 Å². The average molecular weight is 196 g/mol. The normalized spacial score (nSPS) is 12.5. The predicted molar refractivity (Wildman–Crippen MR) is 53.4 cm³/mol. The maximum absolute atomic E-state index is 11.2. The zero-order valence-electron chi connectivity index (χ0n) is 7.74. The summed E-state index contributed by atoms with van der Waals surface area (Å²) >= 11 is -0.964. The van der Waals surface area contributed by atoms with E-state index < -0.39 is 11.2 Å². The summed E-state index contributed by atoms with van der Waals surface area (Å²) in [6.07, 6.45) is 2.13. The Morgan fingerprint density at radius 2 is 1.92 bits per heavy atom. The first kappa shape index (κ1) is 10.3. The molecule has 0 saturated carbocycles. The lowest BCUT2D eigenvalue weighted by molar-refractivity contribution is 0.0988. The van der Waals surface area contributed by atoms with Crippen molar-refractivity contribution < 1.29 is 9.35 Å². The highest BCUT2D eigenvalue weighted by atomic mass is 32.2. The summed E-state index contributed by atoms with van der Waals surface area (Å²) in [5.74, 6) is 0.119. The third kappa shape index (κ3) is 2.57. The first-order chi connectivity index (χ1) is 6.15. The van der Waals surface area contributed by atoms with Gasteiger partial charge in [0.15, 0.2) is 10.7 Å². The van der Waals surface area contributed by atoms with Gasteiger partial charge in [-0.15, -0.1) is 0 Å². The van der Waals surface area contributed by atoms with Crippen molar-refractivity contribution in [2.45, 2.75) is 18.2 Å². The largest absolute Gasteiger partial charge is 0.612 e. The van der Waals surface area contributed by atoms with Gasteiger partial charge in [0, 0.05) is 12.0 Å². The van der Waals surface area contributed by atoms with Gasteiger partial charge in [0.1, 0.15) is 6.26 Å². The van der Waals surface area contributed by atoms with Gasteiger partial charge in [-0.05, 0) is 35.4 Å². The molecule has 0 bridgehead atoms. The van der Waals surface area contributed by atoms with Crippen molar-refractivity contribution in [2.24, 2.45) is 0 Å². The molecule has 0 aliphatic heterocycles. The summed E-state index contributed by atoms with van der Waals surface area (Å²) in [6, 6.07) is 6.92. The summed E-state index contributed by atoms with van der Waals surface area (Å²) in [7, 11) is 0. The third-order valence-corrected chi connectivity index (χ3v) is 2.77. The summed E-state index contributed by atoms with van der Waals surface area (Å²) < 4.78 is 11.0. The average Bonchev–Trinajstić information content (AvgIpc) is 2.17. The van der Waals surface area contributed by atoms with Crippen LogP contribution in [0, 0.1) is 0 Å². The van der Waals surface area contributed by atoms with Crippen molar-refractivity contribution in [1.82, 2.24) is 0 Å². The standard InChI is InChI=1S/C10H12O2S/c1-3-10(11)8-4-6-9(7-5-8)13(2)12/h4-7H,3H2,1-2H3. The lowest BCUT2D eigenvalue weighted by atomic mass is 10.1. The second-order valence-corrected chi connectivity index (χ2v) is 4.13. The fraction of sp³-hybridized carbons (Fsp3) is 0.300. The van der Waals surface area contributed by atoms with Crippen LogP contribution in [0.3, 0.4) is 0 Å². The third-order valence-electron chi connectivity index (χ3n) is 1.83. The van der Waals surface area contributed by atoms with E-state index >= 15 is 0 Å². The van der Waals surface area contributed by atoms with E-state index in [1.54, 1.807) is 30.5 Å². The maximum atomic E-state index is 11.2. The first-order valence-corrected chi connectivity index (χ1v) is 5.67. The van der Waals surface area contributed by atoms with Crippen molar-refractivity contribution in [3.05, 3.63) is 29.8 Å². The smallest absolute Gasteiger partial charge is 0.162 e. The zero-order valence-corrected chi connectivity index (χ0v) is 8.56. The van der Waals surface area contributed by atoms with Gasteiger partial charge in [-0.1, -0.05) is 6.92 Å². The molecule has 1 rings (SSSR count). The number of hydrogen-bond donors (Lipinski definition) is 0. The number of Topliss-reactive ketones (excluding diaryl/α,β-unsaturated/α-hetero) is 1. The van der Waals surface area contributed by atoms with Crippen LogP contribution in [0.15, 0.2) is 29.2 Å². The number of carbonyl (C=O) groups excluding carboxylic acids is 1. The highest BCUT2D eigenvalue weighted by Crippen LogP contribution is 2.11. The number of rotatable bonds is 3. The van der Waals surface area contributed by atoms with Gasteiger partial charge < -0.3 is 4.55 Å². The van der Waals surface area contributed by atoms with Crippen LogP contribution in [0.25, 0.3) is 0 Å². The van der Waals surface area contributed by atoms with Crippen molar-refractivity contribution in [1.29, 1.82) is 0 Å². The summed E-state index contributed by atoms with van der Waals surface area (Å²) in [6.45, 7) is 1.83. The molecule has 0 aliphatic rings. The van der Waals surface area contributed by atoms with E-state index in [4.69, 9.17) is 0 Å². The Hall–Kier alpha value is -0.800. The van der Waals surface area contributed by atoms with Crippen molar-refractivity contribution >= 4 is 17.0 Å². The van der Waals surface area contributed by atoms with E-state index in [0.29, 0.717) is 12.0 Å². The van der Waals surface area contributed by atoms with Crippen LogP contribution < -0.4 is 0 Å². The van der Waals surface area contributed by atoms with Gasteiger partial charge in [0.05, 0.1) is 0 Å². The fourth-order valence-electron chi connectivity index (χ4n) is 1.04. The second-order valence-electron chi connectivity index (χ2n) is 2.76. The molecule has 0 heterocycles. The van der Waals surface area contributed by atoms with Gasteiger partial charge in [-0.25, -0.2) is 0 Å². The molecule has 0 amide bonds. The van der Waals surface area contributed by atoms with Crippen LogP contribution in [0.4, 0.5) is 0 Å². The number of benzene rings is 1. The Balaban J connectivity index is 2.87. The Morgan fingerprint density at radius 3 is 2.31 bits per heavy atom. The SMILES string of the molecule is CCC(=O)c1ccc([S+](C)[O-])cc1. The molecule has 1 aromatic carbocycles. The molecule has 2 nitrogen and oxygen atoms in total. The highest BCUT2D eigenvalue weighted by molar-refractivity contribution is 7.90. The van der Waals surface area contributed by atoms with Crippen LogP contribution in [-0.4, -0.2) is 16.6 Å². The van der Waals surface area contributed by atoms with Crippen LogP contribution >= 0.6 is 0 Å². The molecule has 0 aromatic heterocycles. The molecule has 1 atom stereocenters. The lowest BCUT2D eigenvalue weighted by Crippen LogP contribution is -2.00. The van der Waals surface area contributed by atoms with Gasteiger partial charge in [-0.3, -0.25) is 4.79 Å². The minimum Gasteiger partial charge on any atom is -0.612 e. The quantitative estimate of drug-likeness (QED) is 0.548. The molecule has 0 N–H and O–H groups in total. The van der Waals surface area contributed by atoms with Crippen molar-refractivity contribution in [2.75, 3.05) is 6.26 Å². The molecule has 1 aromatic rings. The second kappa shape index (κ2) is 4.44. The Labute approximate surface area is 81.1 Å². The molecule has 13 heavy (non-hydrogen) atoms. The Bertz CT molecular complexity index is 290. The number of carbonyl (C=O) groups is 1. The molecule has 0 aliphatic carbocycles. The molecular formula is C10H12O2S. The van der Waals surface area contributed by atoms with E-state index in [2.05, 4.69) is 0 Å². The zero-order chi connectivity index (χ0) is 9.84. The summed E-state index contributed by atoms with van der Waals surface area (Å²) in [5, 5.41) is 0. The molecule has 0 fully saturated rings. The van der Waals surface area contributed by atoms with E-state index in [-0.39, 0.29) is 5.78 Å². The van der Waals surface area contributed by atoms with E-state index in [0.717, 1.165) is 4.90 Å². The maximum Gasteiger partial charge on any atom is 0.162 e. The summed E-state index contributed by atoms with van der Waals surface area (Å²) in [5.41, 5.74) is 0.691. The van der Waals surface area contributed by atoms with Gasteiger partial charge >= 0.3 is 0 Å². The molecule has 0 spiro atoms. The van der Waals surface area contributed by atoms with Crippen LogP contribution in [-0.2, 0) is 11.2 Å². The van der Waals surface area contributed by atoms with Gasteiger partial charge in [0.2, 0.25) is 0 Å². The topological polar surface area (TPSA) is 40.1 Å². The summed E-state index contributed by atoms with van der Waals surface area (Å²) in [4.78, 5) is 12.0. The van der Waals surface area contributed by atoms with E-state index in [9.17, 15) is 9.35 Å². The lowest BCUT2D eigenvalue weighted by Gasteiger charge is -2.04. The van der Waals surface area contributed by atoms with E-state index in [1.807, 2.05) is 6.92 Å². The molecule has 3 heteroatoms. The number of hydrogen-bond acceptors (Lipinski definition) is 2. The monoisotopic (exact) mass is 196 g/mol. The molecule has 0 saturated heterocycles. The Kier molecular flexibility index (Phi) is 3.51. The van der Waals surface area contributed by atoms with E-state index in [1.165, 1.54) is 0 Å². The van der Waals surface area contributed by atoms with Crippen LogP contribution in [0.2, 0.25) is 0 Å². The van der Waals surface area contributed by atoms with Crippen molar-refractivity contribution in [3.63, 3.8) is 0 Å². The first-order valence-electron chi connectivity index (χ1n) is 4.12. The molecular weight excluding hydrogens is 184 g/mol. The van der Waals surface area contributed by atoms with Crippen LogP contribution in [0.1, 0.15) is 23.7 Å². The molecule has 0 radical (unpaired) electrons. The van der Waals surface area contributed by atoms with Crippen LogP contribution in [0.5, 0.6) is 0 Å². The molecule has 70 valence electrons. The predicted octanol–water partition coefficient (Wildman–Crippen LogP) is 2.02. The Morgan fingerprint density at radius 1 is 1.38 bits per heavy atom. The highest BCUT2D eigenvalue weighted by Gasteiger charge is 2.06. The minimum atomic E-state index is -0.964.